The van der Waals surface area contributed by atoms with Gasteiger partial charge in [0.25, 0.3) is 0 Å². The molecular formula is C21H25FN2O. The summed E-state index contributed by atoms with van der Waals surface area (Å²) in [6.45, 7) is 5.01. The molecule has 3 nitrogen and oxygen atoms in total. The molecule has 1 aliphatic carbocycles. The molecule has 2 aromatic carbocycles. The molecule has 2 aromatic rings. The minimum Gasteiger partial charge on any atom is -0.325 e. The Labute approximate surface area is 148 Å². The molecule has 0 aromatic heterocycles. The van der Waals surface area contributed by atoms with Crippen LogP contribution in [0, 0.1) is 5.82 Å². The number of nitrogens with one attached hydrogen (secondary N) is 1. The minimum atomic E-state index is -0.210. The summed E-state index contributed by atoms with van der Waals surface area (Å²) in [5.74, 6) is 0.156. The first-order valence-corrected chi connectivity index (χ1v) is 8.90. The van der Waals surface area contributed by atoms with Gasteiger partial charge in [-0.15, -0.1) is 0 Å². The first-order valence-electron chi connectivity index (χ1n) is 8.90. The molecule has 1 N–H and O–H groups in total. The molecular weight excluding hydrogens is 315 g/mol. The van der Waals surface area contributed by atoms with Crippen LogP contribution in [0.1, 0.15) is 43.7 Å². The van der Waals surface area contributed by atoms with Gasteiger partial charge in [0.05, 0.1) is 6.54 Å². The highest BCUT2D eigenvalue weighted by molar-refractivity contribution is 5.92. The summed E-state index contributed by atoms with van der Waals surface area (Å²) in [5.41, 5.74) is 2.66. The van der Waals surface area contributed by atoms with Crippen molar-refractivity contribution in [1.29, 1.82) is 0 Å². The van der Waals surface area contributed by atoms with Crippen molar-refractivity contribution < 1.29 is 9.18 Å². The van der Waals surface area contributed by atoms with Crippen molar-refractivity contribution in [3.63, 3.8) is 0 Å². The topological polar surface area (TPSA) is 32.3 Å². The van der Waals surface area contributed by atoms with E-state index in [-0.39, 0.29) is 18.3 Å². The normalized spacial score (nSPS) is 14.1. The molecule has 1 fully saturated rings. The van der Waals surface area contributed by atoms with E-state index in [0.717, 1.165) is 18.5 Å². The standard InChI is InChI=1S/C21H25FN2O/c1-15(2)16-7-5-8-18(12-16)23-21(25)14-24(19-10-11-19)13-17-6-3-4-9-20(17)22/h3-9,12,15,19H,10-11,13-14H2,1-2H3,(H,23,25). The maximum atomic E-state index is 13.9. The molecule has 1 amide bonds. The highest BCUT2D eigenvalue weighted by atomic mass is 19.1. The minimum absolute atomic E-state index is 0.0517. The number of carbonyl (C=O) groups excluding carboxylic acids is 1. The van der Waals surface area contributed by atoms with Crippen molar-refractivity contribution in [3.8, 4) is 0 Å². The van der Waals surface area contributed by atoms with Gasteiger partial charge in [-0.2, -0.15) is 0 Å². The Hall–Kier alpha value is -2.20. The van der Waals surface area contributed by atoms with Crippen LogP contribution in [0.2, 0.25) is 0 Å². The number of benzene rings is 2. The number of carbonyl (C=O) groups is 1. The Bertz CT molecular complexity index is 740. The lowest BCUT2D eigenvalue weighted by molar-refractivity contribution is -0.117. The summed E-state index contributed by atoms with van der Waals surface area (Å²) in [6.07, 6.45) is 2.15. The molecule has 1 aliphatic rings. The van der Waals surface area contributed by atoms with Gasteiger partial charge in [0, 0.05) is 23.8 Å². The Morgan fingerprint density at radius 3 is 2.64 bits per heavy atom. The number of rotatable bonds is 7. The zero-order chi connectivity index (χ0) is 17.8. The van der Waals surface area contributed by atoms with Gasteiger partial charge in [-0.3, -0.25) is 9.69 Å². The van der Waals surface area contributed by atoms with Crippen LogP contribution in [0.4, 0.5) is 10.1 Å². The molecule has 0 saturated heterocycles. The third-order valence-electron chi connectivity index (χ3n) is 4.58. The molecule has 0 unspecified atom stereocenters. The predicted molar refractivity (Wildman–Crippen MR) is 99.0 cm³/mol. The summed E-state index contributed by atoms with van der Waals surface area (Å²) < 4.78 is 13.9. The second-order valence-corrected chi connectivity index (χ2v) is 7.06. The summed E-state index contributed by atoms with van der Waals surface area (Å²) in [5, 5.41) is 2.98. The van der Waals surface area contributed by atoms with Crippen molar-refractivity contribution in [2.75, 3.05) is 11.9 Å². The lowest BCUT2D eigenvalue weighted by atomic mass is 10.0. The zero-order valence-corrected chi connectivity index (χ0v) is 14.8. The maximum absolute atomic E-state index is 13.9. The van der Waals surface area contributed by atoms with Crippen LogP contribution in [-0.2, 0) is 11.3 Å². The molecule has 3 rings (SSSR count). The first-order chi connectivity index (χ1) is 12.0. The van der Waals surface area contributed by atoms with Gasteiger partial charge in [0.15, 0.2) is 0 Å². The molecule has 0 radical (unpaired) electrons. The van der Waals surface area contributed by atoms with Crippen LogP contribution < -0.4 is 5.32 Å². The Balaban J connectivity index is 1.63. The van der Waals surface area contributed by atoms with E-state index >= 15 is 0 Å². The average Bonchev–Trinajstić information content (AvgIpc) is 3.41. The highest BCUT2D eigenvalue weighted by Gasteiger charge is 2.30. The van der Waals surface area contributed by atoms with Crippen LogP contribution in [0.3, 0.4) is 0 Å². The van der Waals surface area contributed by atoms with Crippen molar-refractivity contribution in [2.24, 2.45) is 0 Å². The van der Waals surface area contributed by atoms with E-state index in [9.17, 15) is 9.18 Å². The van der Waals surface area contributed by atoms with Crippen molar-refractivity contribution >= 4 is 11.6 Å². The second kappa shape index (κ2) is 7.79. The lowest BCUT2D eigenvalue weighted by Crippen LogP contribution is -2.34. The third-order valence-corrected chi connectivity index (χ3v) is 4.58. The predicted octanol–water partition coefficient (Wildman–Crippen LogP) is 4.55. The van der Waals surface area contributed by atoms with E-state index < -0.39 is 0 Å². The van der Waals surface area contributed by atoms with Crippen LogP contribution >= 0.6 is 0 Å². The zero-order valence-electron chi connectivity index (χ0n) is 14.8. The van der Waals surface area contributed by atoms with Gasteiger partial charge in [0.2, 0.25) is 5.91 Å². The number of halogens is 1. The Morgan fingerprint density at radius 1 is 1.20 bits per heavy atom. The Kier molecular flexibility index (Phi) is 5.49. The summed E-state index contributed by atoms with van der Waals surface area (Å²) >= 11 is 0. The summed E-state index contributed by atoms with van der Waals surface area (Å²) in [7, 11) is 0. The van der Waals surface area contributed by atoms with Gasteiger partial charge in [-0.1, -0.05) is 44.2 Å². The fourth-order valence-electron chi connectivity index (χ4n) is 2.96. The van der Waals surface area contributed by atoms with E-state index in [4.69, 9.17) is 0 Å². The van der Waals surface area contributed by atoms with E-state index in [1.807, 2.05) is 24.3 Å². The SMILES string of the molecule is CC(C)c1cccc(NC(=O)CN(Cc2ccccc2F)C2CC2)c1. The van der Waals surface area contributed by atoms with Gasteiger partial charge in [-0.05, 0) is 42.5 Å². The first kappa shape index (κ1) is 17.6. The molecule has 25 heavy (non-hydrogen) atoms. The molecule has 4 heteroatoms. The monoisotopic (exact) mass is 340 g/mol. The lowest BCUT2D eigenvalue weighted by Gasteiger charge is -2.22. The van der Waals surface area contributed by atoms with Crippen molar-refractivity contribution in [3.05, 3.63) is 65.5 Å². The molecule has 0 bridgehead atoms. The molecule has 1 saturated carbocycles. The summed E-state index contributed by atoms with van der Waals surface area (Å²) in [6, 6.07) is 15.1. The average molecular weight is 340 g/mol. The van der Waals surface area contributed by atoms with Crippen molar-refractivity contribution in [2.45, 2.75) is 45.2 Å². The molecule has 132 valence electrons. The van der Waals surface area contributed by atoms with E-state index in [1.165, 1.54) is 11.6 Å². The fraction of sp³-hybridized carbons (Fsp3) is 0.381. The van der Waals surface area contributed by atoms with Gasteiger partial charge < -0.3 is 5.32 Å². The number of hydrogen-bond donors (Lipinski definition) is 1. The molecule has 0 aliphatic heterocycles. The van der Waals surface area contributed by atoms with E-state index in [0.29, 0.717) is 24.1 Å². The van der Waals surface area contributed by atoms with Crippen LogP contribution in [0.5, 0.6) is 0 Å². The smallest absolute Gasteiger partial charge is 0.238 e. The van der Waals surface area contributed by atoms with E-state index in [1.54, 1.807) is 12.1 Å². The van der Waals surface area contributed by atoms with Gasteiger partial charge in [-0.25, -0.2) is 4.39 Å². The van der Waals surface area contributed by atoms with E-state index in [2.05, 4.69) is 30.1 Å². The number of hydrogen-bond acceptors (Lipinski definition) is 2. The molecule has 0 spiro atoms. The highest BCUT2D eigenvalue weighted by Crippen LogP contribution is 2.28. The third kappa shape index (κ3) is 4.89. The number of anilines is 1. The summed E-state index contributed by atoms with van der Waals surface area (Å²) in [4.78, 5) is 14.5. The second-order valence-electron chi connectivity index (χ2n) is 7.06. The van der Waals surface area contributed by atoms with Gasteiger partial charge >= 0.3 is 0 Å². The maximum Gasteiger partial charge on any atom is 0.238 e. The molecule has 0 heterocycles. The molecule has 0 atom stereocenters. The largest absolute Gasteiger partial charge is 0.325 e. The fourth-order valence-corrected chi connectivity index (χ4v) is 2.96. The van der Waals surface area contributed by atoms with Crippen LogP contribution in [-0.4, -0.2) is 23.4 Å². The number of nitrogens with zero attached hydrogens (tertiary/aromatic N) is 1. The van der Waals surface area contributed by atoms with Crippen LogP contribution in [0.25, 0.3) is 0 Å². The van der Waals surface area contributed by atoms with Gasteiger partial charge in [0.1, 0.15) is 5.82 Å². The Morgan fingerprint density at radius 2 is 1.96 bits per heavy atom. The number of amides is 1. The van der Waals surface area contributed by atoms with Crippen molar-refractivity contribution in [1.82, 2.24) is 4.90 Å². The van der Waals surface area contributed by atoms with Crippen LogP contribution in [0.15, 0.2) is 48.5 Å². The quantitative estimate of drug-likeness (QED) is 0.802.